The van der Waals surface area contributed by atoms with Gasteiger partial charge in [0, 0.05) is 5.69 Å². The van der Waals surface area contributed by atoms with Gasteiger partial charge in [0.1, 0.15) is 0 Å². The summed E-state index contributed by atoms with van der Waals surface area (Å²) in [6, 6.07) is 0.670. The second kappa shape index (κ2) is 5.43. The topological polar surface area (TPSA) is 66.4 Å². The van der Waals surface area contributed by atoms with Crippen molar-refractivity contribution in [3.05, 3.63) is 29.3 Å². The summed E-state index contributed by atoms with van der Waals surface area (Å²) in [5, 5.41) is 10.6. The summed E-state index contributed by atoms with van der Waals surface area (Å²) < 4.78 is 75.9. The second-order valence-electron chi connectivity index (χ2n) is 5.07. The monoisotopic (exact) mass is 341 g/mol. The van der Waals surface area contributed by atoms with Crippen LogP contribution in [0.5, 0.6) is 0 Å². The number of alkyl halides is 6. The van der Waals surface area contributed by atoms with Crippen molar-refractivity contribution in [3.8, 4) is 0 Å². The molecule has 2 rings (SSSR count). The maximum absolute atomic E-state index is 12.7. The van der Waals surface area contributed by atoms with E-state index in [1.165, 1.54) is 0 Å². The quantitative estimate of drug-likeness (QED) is 0.829. The first-order valence-electron chi connectivity index (χ1n) is 6.22. The highest BCUT2D eigenvalue weighted by molar-refractivity contribution is 5.98. The summed E-state index contributed by atoms with van der Waals surface area (Å²) in [5.74, 6) is -4.10. The molecule has 0 radical (unpaired) electrons. The average Bonchev–Trinajstić information content (AvgIpc) is 3.16. The van der Waals surface area contributed by atoms with Gasteiger partial charge >= 0.3 is 18.3 Å². The summed E-state index contributed by atoms with van der Waals surface area (Å²) in [6.45, 7) is 0. The minimum Gasteiger partial charge on any atom is -0.481 e. The summed E-state index contributed by atoms with van der Waals surface area (Å²) >= 11 is 0. The van der Waals surface area contributed by atoms with Gasteiger partial charge in [-0.05, 0) is 24.6 Å². The van der Waals surface area contributed by atoms with Crippen molar-refractivity contribution in [2.24, 2.45) is 11.8 Å². The van der Waals surface area contributed by atoms with Crippen LogP contribution in [0.3, 0.4) is 0 Å². The van der Waals surface area contributed by atoms with E-state index in [2.05, 4.69) is 0 Å². The number of rotatable bonds is 3. The van der Waals surface area contributed by atoms with Crippen LogP contribution in [-0.4, -0.2) is 17.0 Å². The van der Waals surface area contributed by atoms with Gasteiger partial charge in [-0.25, -0.2) is 0 Å². The van der Waals surface area contributed by atoms with Crippen molar-refractivity contribution in [2.75, 3.05) is 5.32 Å². The molecule has 0 heterocycles. The molecule has 126 valence electrons. The molecule has 0 unspecified atom stereocenters. The van der Waals surface area contributed by atoms with Gasteiger partial charge in [-0.2, -0.15) is 26.3 Å². The fourth-order valence-electron chi connectivity index (χ4n) is 2.02. The Morgan fingerprint density at radius 2 is 1.43 bits per heavy atom. The van der Waals surface area contributed by atoms with Crippen molar-refractivity contribution in [3.63, 3.8) is 0 Å². The third-order valence-corrected chi connectivity index (χ3v) is 3.30. The van der Waals surface area contributed by atoms with E-state index < -0.39 is 52.9 Å². The Morgan fingerprint density at radius 3 is 1.78 bits per heavy atom. The number of anilines is 1. The van der Waals surface area contributed by atoms with Gasteiger partial charge in [0.15, 0.2) is 0 Å². The lowest BCUT2D eigenvalue weighted by Gasteiger charge is -2.14. The molecule has 1 aromatic carbocycles. The maximum atomic E-state index is 12.7. The number of carbonyl (C=O) groups is 2. The Hall–Kier alpha value is -2.26. The molecular formula is C13H9F6NO3. The number of hydrogen-bond acceptors (Lipinski definition) is 2. The molecule has 1 aliphatic rings. The number of carbonyl (C=O) groups excluding carboxylic acids is 1. The van der Waals surface area contributed by atoms with Crippen LogP contribution < -0.4 is 5.32 Å². The maximum Gasteiger partial charge on any atom is 0.416 e. The lowest BCUT2D eigenvalue weighted by Crippen LogP contribution is -2.18. The van der Waals surface area contributed by atoms with Crippen molar-refractivity contribution in [2.45, 2.75) is 18.8 Å². The molecular weight excluding hydrogens is 332 g/mol. The molecule has 1 amide bonds. The summed E-state index contributed by atoms with van der Waals surface area (Å²) in [6.07, 6.45) is -10.1. The molecule has 2 N–H and O–H groups in total. The minimum absolute atomic E-state index is 0.00768. The van der Waals surface area contributed by atoms with Crippen molar-refractivity contribution < 1.29 is 41.0 Å². The Balaban J connectivity index is 2.28. The molecule has 4 nitrogen and oxygen atoms in total. The lowest BCUT2D eigenvalue weighted by molar-refractivity contribution is -0.143. The third-order valence-electron chi connectivity index (χ3n) is 3.30. The number of nitrogens with one attached hydrogen (secondary N) is 1. The van der Waals surface area contributed by atoms with Crippen LogP contribution in [0.4, 0.5) is 32.0 Å². The van der Waals surface area contributed by atoms with E-state index in [9.17, 15) is 35.9 Å². The van der Waals surface area contributed by atoms with Gasteiger partial charge in [-0.15, -0.1) is 0 Å². The van der Waals surface area contributed by atoms with Crippen molar-refractivity contribution in [1.29, 1.82) is 0 Å². The van der Waals surface area contributed by atoms with Gasteiger partial charge in [0.2, 0.25) is 5.91 Å². The Kier molecular flexibility index (Phi) is 4.03. The average molecular weight is 341 g/mol. The van der Waals surface area contributed by atoms with E-state index in [0.29, 0.717) is 12.1 Å². The van der Waals surface area contributed by atoms with Gasteiger partial charge in [-0.1, -0.05) is 0 Å². The molecule has 10 heteroatoms. The van der Waals surface area contributed by atoms with Gasteiger partial charge in [0.25, 0.3) is 0 Å². The first-order valence-corrected chi connectivity index (χ1v) is 6.22. The molecule has 23 heavy (non-hydrogen) atoms. The third kappa shape index (κ3) is 3.93. The highest BCUT2D eigenvalue weighted by Crippen LogP contribution is 2.41. The Labute approximate surface area is 125 Å². The number of hydrogen-bond donors (Lipinski definition) is 2. The smallest absolute Gasteiger partial charge is 0.416 e. The fraction of sp³-hybridized carbons (Fsp3) is 0.385. The Bertz CT molecular complexity index is 620. The molecule has 0 bridgehead atoms. The minimum atomic E-state index is -5.02. The van der Waals surface area contributed by atoms with Gasteiger partial charge in [0.05, 0.1) is 23.0 Å². The van der Waals surface area contributed by atoms with Crippen LogP contribution in [0.15, 0.2) is 18.2 Å². The lowest BCUT2D eigenvalue weighted by atomic mass is 10.1. The SMILES string of the molecule is O=C(O)[C@H]1C[C@H]1C(=O)Nc1cc(C(F)(F)F)cc(C(F)(F)F)c1. The van der Waals surface area contributed by atoms with Crippen LogP contribution in [0.2, 0.25) is 0 Å². The number of benzene rings is 1. The number of carboxylic acid groups (broad SMARTS) is 1. The van der Waals surface area contributed by atoms with E-state index in [1.807, 2.05) is 5.32 Å². The summed E-state index contributed by atoms with van der Waals surface area (Å²) in [7, 11) is 0. The van der Waals surface area contributed by atoms with E-state index in [4.69, 9.17) is 5.11 Å². The standard InChI is InChI=1S/C13H9F6NO3/c14-12(15,16)5-1-6(13(17,18)19)3-7(2-5)20-10(21)8-4-9(8)11(22)23/h1-3,8-9H,4H2,(H,20,21)(H,22,23)/t8-,9+/m1/s1. The Morgan fingerprint density at radius 1 is 0.957 bits per heavy atom. The first kappa shape index (κ1) is 17.1. The number of halogens is 6. The largest absolute Gasteiger partial charge is 0.481 e. The highest BCUT2D eigenvalue weighted by atomic mass is 19.4. The molecule has 0 spiro atoms. The van der Waals surface area contributed by atoms with Gasteiger partial charge in [-0.3, -0.25) is 9.59 Å². The molecule has 1 aliphatic carbocycles. The molecule has 0 aliphatic heterocycles. The zero-order valence-electron chi connectivity index (χ0n) is 11.1. The normalized spacial score (nSPS) is 21.0. The molecule has 1 saturated carbocycles. The zero-order valence-corrected chi connectivity index (χ0v) is 11.1. The molecule has 0 aromatic heterocycles. The molecule has 2 atom stereocenters. The predicted octanol–water partition coefficient (Wildman–Crippen LogP) is 3.38. The summed E-state index contributed by atoms with van der Waals surface area (Å²) in [4.78, 5) is 22.3. The van der Waals surface area contributed by atoms with Crippen molar-refractivity contribution in [1.82, 2.24) is 0 Å². The number of carboxylic acids is 1. The van der Waals surface area contributed by atoms with Crippen LogP contribution in [0.1, 0.15) is 17.5 Å². The number of amides is 1. The van der Waals surface area contributed by atoms with Crippen LogP contribution in [0.25, 0.3) is 0 Å². The molecule has 0 saturated heterocycles. The predicted molar refractivity (Wildman–Crippen MR) is 64.3 cm³/mol. The summed E-state index contributed by atoms with van der Waals surface area (Å²) in [5.41, 5.74) is -3.81. The molecule has 1 fully saturated rings. The highest BCUT2D eigenvalue weighted by Gasteiger charge is 2.48. The number of aliphatic carboxylic acids is 1. The van der Waals surface area contributed by atoms with Crippen LogP contribution in [-0.2, 0) is 21.9 Å². The first-order chi connectivity index (χ1) is 10.4. The van der Waals surface area contributed by atoms with Crippen LogP contribution >= 0.6 is 0 Å². The van der Waals surface area contributed by atoms with Crippen molar-refractivity contribution >= 4 is 17.6 Å². The van der Waals surface area contributed by atoms with E-state index in [-0.39, 0.29) is 12.5 Å². The van der Waals surface area contributed by atoms with Gasteiger partial charge < -0.3 is 10.4 Å². The van der Waals surface area contributed by atoms with E-state index in [1.54, 1.807) is 0 Å². The molecule has 1 aromatic rings. The van der Waals surface area contributed by atoms with E-state index in [0.717, 1.165) is 0 Å². The van der Waals surface area contributed by atoms with E-state index >= 15 is 0 Å². The van der Waals surface area contributed by atoms with Crippen LogP contribution in [0, 0.1) is 11.8 Å². The second-order valence-corrected chi connectivity index (χ2v) is 5.07. The zero-order chi connectivity index (χ0) is 17.6. The fourth-order valence-corrected chi connectivity index (χ4v) is 2.02.